The van der Waals surface area contributed by atoms with Crippen LogP contribution in [0, 0.1) is 0 Å². The van der Waals surface area contributed by atoms with Gasteiger partial charge in [0.2, 0.25) is 5.91 Å². The van der Waals surface area contributed by atoms with Gasteiger partial charge in [0.25, 0.3) is 0 Å². The molecular weight excluding hydrogens is 366 g/mol. The molecule has 0 saturated carbocycles. The maximum absolute atomic E-state index is 12.3. The molecule has 0 atom stereocenters. The second kappa shape index (κ2) is 10.1. The SMILES string of the molecule is CC[NH+](CC)Cc1ccccc1CNC(=O)CCCn1c(=O)oc2ccccc21. The number of para-hydroxylation sites is 2. The van der Waals surface area contributed by atoms with Crippen LogP contribution in [0.25, 0.3) is 11.1 Å². The zero-order chi connectivity index (χ0) is 20.6. The smallest absolute Gasteiger partial charge is 0.408 e. The van der Waals surface area contributed by atoms with Crippen molar-refractivity contribution in [1.29, 1.82) is 0 Å². The number of amides is 1. The highest BCUT2D eigenvalue weighted by Crippen LogP contribution is 2.12. The van der Waals surface area contributed by atoms with E-state index < -0.39 is 0 Å². The normalized spacial score (nSPS) is 11.3. The number of nitrogens with one attached hydrogen (secondary N) is 2. The van der Waals surface area contributed by atoms with Crippen LogP contribution in [0.3, 0.4) is 0 Å². The Labute approximate surface area is 171 Å². The van der Waals surface area contributed by atoms with E-state index in [2.05, 4.69) is 37.4 Å². The molecule has 3 rings (SSSR count). The summed E-state index contributed by atoms with van der Waals surface area (Å²) in [7, 11) is 0. The summed E-state index contributed by atoms with van der Waals surface area (Å²) < 4.78 is 6.82. The third kappa shape index (κ3) is 5.35. The van der Waals surface area contributed by atoms with E-state index in [0.29, 0.717) is 31.5 Å². The van der Waals surface area contributed by atoms with Crippen LogP contribution in [-0.4, -0.2) is 23.6 Å². The number of hydrogen-bond acceptors (Lipinski definition) is 3. The Kier molecular flexibility index (Phi) is 7.25. The maximum Gasteiger partial charge on any atom is 0.419 e. The molecule has 2 N–H and O–H groups in total. The maximum atomic E-state index is 12.3. The van der Waals surface area contributed by atoms with Gasteiger partial charge in [-0.25, -0.2) is 4.79 Å². The average molecular weight is 397 g/mol. The molecule has 0 spiro atoms. The van der Waals surface area contributed by atoms with Gasteiger partial charge in [-0.2, -0.15) is 0 Å². The molecule has 1 aromatic heterocycles. The first-order valence-corrected chi connectivity index (χ1v) is 10.4. The van der Waals surface area contributed by atoms with E-state index in [9.17, 15) is 9.59 Å². The summed E-state index contributed by atoms with van der Waals surface area (Å²) in [5, 5.41) is 3.02. The highest BCUT2D eigenvalue weighted by atomic mass is 16.4. The first-order valence-electron chi connectivity index (χ1n) is 10.4. The van der Waals surface area contributed by atoms with Gasteiger partial charge in [-0.3, -0.25) is 9.36 Å². The van der Waals surface area contributed by atoms with Crippen molar-refractivity contribution >= 4 is 17.0 Å². The third-order valence-electron chi connectivity index (χ3n) is 5.39. The topological polar surface area (TPSA) is 68.7 Å². The van der Waals surface area contributed by atoms with Gasteiger partial charge in [0.05, 0.1) is 18.6 Å². The quantitative estimate of drug-likeness (QED) is 0.552. The average Bonchev–Trinajstić information content (AvgIpc) is 3.06. The lowest BCUT2D eigenvalue weighted by atomic mass is 10.1. The van der Waals surface area contributed by atoms with Crippen LogP contribution in [0.5, 0.6) is 0 Å². The van der Waals surface area contributed by atoms with Crippen LogP contribution < -0.4 is 16.0 Å². The molecule has 0 unspecified atom stereocenters. The molecule has 1 heterocycles. The molecule has 29 heavy (non-hydrogen) atoms. The number of quaternary nitrogens is 1. The number of fused-ring (bicyclic) bond motifs is 1. The molecule has 154 valence electrons. The lowest BCUT2D eigenvalue weighted by Crippen LogP contribution is -3.10. The summed E-state index contributed by atoms with van der Waals surface area (Å²) in [6, 6.07) is 15.6. The highest BCUT2D eigenvalue weighted by Gasteiger charge is 2.11. The predicted molar refractivity (Wildman–Crippen MR) is 114 cm³/mol. The minimum Gasteiger partial charge on any atom is -0.408 e. The highest BCUT2D eigenvalue weighted by molar-refractivity contribution is 5.76. The van der Waals surface area contributed by atoms with E-state index in [0.717, 1.165) is 30.7 Å². The molecule has 0 radical (unpaired) electrons. The Morgan fingerprint density at radius 3 is 2.48 bits per heavy atom. The molecule has 0 aliphatic heterocycles. The van der Waals surface area contributed by atoms with Crippen molar-refractivity contribution in [1.82, 2.24) is 9.88 Å². The summed E-state index contributed by atoms with van der Waals surface area (Å²) in [5.74, 6) is -0.379. The molecule has 3 aromatic rings. The Balaban J connectivity index is 1.52. The van der Waals surface area contributed by atoms with Crippen LogP contribution in [0.1, 0.15) is 37.8 Å². The van der Waals surface area contributed by atoms with Gasteiger partial charge in [-0.05, 0) is 38.0 Å². The number of carbonyl (C=O) groups excluding carboxylic acids is 1. The number of oxazole rings is 1. The van der Waals surface area contributed by atoms with Crippen molar-refractivity contribution in [2.75, 3.05) is 13.1 Å². The van der Waals surface area contributed by atoms with Gasteiger partial charge in [0.1, 0.15) is 6.54 Å². The van der Waals surface area contributed by atoms with Gasteiger partial charge < -0.3 is 14.6 Å². The number of aryl methyl sites for hydroxylation is 1. The Morgan fingerprint density at radius 2 is 1.72 bits per heavy atom. The molecule has 1 amide bonds. The van der Waals surface area contributed by atoms with Gasteiger partial charge >= 0.3 is 5.76 Å². The Bertz CT molecular complexity index is 1000. The van der Waals surface area contributed by atoms with Crippen molar-refractivity contribution in [3.05, 3.63) is 70.2 Å². The van der Waals surface area contributed by atoms with E-state index >= 15 is 0 Å². The van der Waals surface area contributed by atoms with Crippen molar-refractivity contribution in [2.24, 2.45) is 0 Å². The third-order valence-corrected chi connectivity index (χ3v) is 5.39. The first kappa shape index (κ1) is 20.9. The monoisotopic (exact) mass is 396 g/mol. The van der Waals surface area contributed by atoms with Gasteiger partial charge in [0, 0.05) is 25.1 Å². The minimum atomic E-state index is -0.376. The molecule has 6 nitrogen and oxygen atoms in total. The molecule has 0 saturated heterocycles. The van der Waals surface area contributed by atoms with Crippen LogP contribution in [0.4, 0.5) is 0 Å². The Hall–Kier alpha value is -2.86. The van der Waals surface area contributed by atoms with Gasteiger partial charge in [0.15, 0.2) is 5.58 Å². The van der Waals surface area contributed by atoms with Crippen molar-refractivity contribution in [3.8, 4) is 0 Å². The summed E-state index contributed by atoms with van der Waals surface area (Å²) in [4.78, 5) is 25.8. The fourth-order valence-electron chi connectivity index (χ4n) is 3.58. The van der Waals surface area contributed by atoms with Crippen molar-refractivity contribution in [2.45, 2.75) is 46.3 Å². The van der Waals surface area contributed by atoms with E-state index in [4.69, 9.17) is 4.42 Å². The summed E-state index contributed by atoms with van der Waals surface area (Å²) in [6.07, 6.45) is 0.954. The zero-order valence-electron chi connectivity index (χ0n) is 17.2. The summed E-state index contributed by atoms with van der Waals surface area (Å²) >= 11 is 0. The molecule has 0 fully saturated rings. The first-order chi connectivity index (χ1) is 14.1. The summed E-state index contributed by atoms with van der Waals surface area (Å²) in [6.45, 7) is 8.51. The Morgan fingerprint density at radius 1 is 1.03 bits per heavy atom. The number of rotatable bonds is 10. The number of nitrogens with zero attached hydrogens (tertiary/aromatic N) is 1. The van der Waals surface area contributed by atoms with E-state index in [1.807, 2.05) is 24.3 Å². The minimum absolute atomic E-state index is 0.00385. The van der Waals surface area contributed by atoms with Crippen molar-refractivity contribution in [3.63, 3.8) is 0 Å². The van der Waals surface area contributed by atoms with E-state index in [1.54, 1.807) is 10.6 Å². The van der Waals surface area contributed by atoms with Crippen LogP contribution >= 0.6 is 0 Å². The molecule has 0 aliphatic carbocycles. The molecule has 0 bridgehead atoms. The standard InChI is InChI=1S/C23H29N3O3/c1-3-25(4-2)17-19-11-6-5-10-18(19)16-24-22(27)14-9-15-26-20-12-7-8-13-21(20)29-23(26)28/h5-8,10-13H,3-4,9,14-17H2,1-2H3,(H,24,27)/p+1. The molecular formula is C23H30N3O3+. The van der Waals surface area contributed by atoms with Crippen LogP contribution in [-0.2, 0) is 24.4 Å². The largest absolute Gasteiger partial charge is 0.419 e. The van der Waals surface area contributed by atoms with Crippen LogP contribution in [0.15, 0.2) is 57.7 Å². The van der Waals surface area contributed by atoms with Gasteiger partial charge in [-0.1, -0.05) is 36.4 Å². The molecule has 6 heteroatoms. The lowest BCUT2D eigenvalue weighted by molar-refractivity contribution is -0.910. The number of benzene rings is 2. The molecule has 0 aliphatic rings. The van der Waals surface area contributed by atoms with E-state index in [1.165, 1.54) is 10.5 Å². The predicted octanol–water partition coefficient (Wildman–Crippen LogP) is 2.12. The van der Waals surface area contributed by atoms with Gasteiger partial charge in [-0.15, -0.1) is 0 Å². The number of aromatic nitrogens is 1. The summed E-state index contributed by atoms with van der Waals surface area (Å²) in [5.41, 5.74) is 3.79. The van der Waals surface area contributed by atoms with Crippen LogP contribution in [0.2, 0.25) is 0 Å². The number of carbonyl (C=O) groups is 1. The lowest BCUT2D eigenvalue weighted by Gasteiger charge is -2.18. The fourth-order valence-corrected chi connectivity index (χ4v) is 3.58. The number of hydrogen-bond donors (Lipinski definition) is 2. The zero-order valence-corrected chi connectivity index (χ0v) is 17.2. The van der Waals surface area contributed by atoms with E-state index in [-0.39, 0.29) is 11.7 Å². The fraction of sp³-hybridized carbons (Fsp3) is 0.391. The second-order valence-corrected chi connectivity index (χ2v) is 7.27. The second-order valence-electron chi connectivity index (χ2n) is 7.27. The van der Waals surface area contributed by atoms with Crippen molar-refractivity contribution < 1.29 is 14.1 Å². The molecule has 2 aromatic carbocycles.